The molecule has 0 saturated carbocycles. The summed E-state index contributed by atoms with van der Waals surface area (Å²) in [5.74, 6) is 1.84. The molecule has 0 radical (unpaired) electrons. The van der Waals surface area contributed by atoms with Crippen molar-refractivity contribution in [1.82, 2.24) is 15.1 Å². The van der Waals surface area contributed by atoms with Gasteiger partial charge in [0.05, 0.1) is 19.3 Å². The van der Waals surface area contributed by atoms with Crippen molar-refractivity contribution in [2.24, 2.45) is 4.99 Å². The lowest BCUT2D eigenvalue weighted by Gasteiger charge is -2.37. The van der Waals surface area contributed by atoms with Gasteiger partial charge in [-0.3, -0.25) is 0 Å². The first kappa shape index (κ1) is 25.2. The van der Waals surface area contributed by atoms with E-state index in [9.17, 15) is 0 Å². The Balaban J connectivity index is 0.00000320. The van der Waals surface area contributed by atoms with E-state index in [4.69, 9.17) is 19.2 Å². The highest BCUT2D eigenvalue weighted by atomic mass is 127. The van der Waals surface area contributed by atoms with Crippen LogP contribution in [0.4, 0.5) is 0 Å². The second-order valence-corrected chi connectivity index (χ2v) is 7.88. The monoisotopic (exact) mass is 532 g/mol. The number of likely N-dealkylation sites (N-methyl/N-ethyl adjacent to an activating group) is 1. The smallest absolute Gasteiger partial charge is 0.194 e. The van der Waals surface area contributed by atoms with E-state index in [0.29, 0.717) is 19.8 Å². The molecule has 2 unspecified atom stereocenters. The summed E-state index contributed by atoms with van der Waals surface area (Å²) in [5, 5.41) is 3.44. The Morgan fingerprint density at radius 3 is 2.83 bits per heavy atom. The van der Waals surface area contributed by atoms with Crippen molar-refractivity contribution < 1.29 is 14.2 Å². The Morgan fingerprint density at radius 1 is 1.27 bits per heavy atom. The van der Waals surface area contributed by atoms with E-state index in [1.54, 1.807) is 0 Å². The summed E-state index contributed by atoms with van der Waals surface area (Å²) in [6.45, 7) is 8.38. The zero-order valence-corrected chi connectivity index (χ0v) is 20.8. The molecule has 0 bridgehead atoms. The van der Waals surface area contributed by atoms with Crippen LogP contribution in [0, 0.1) is 0 Å². The maximum Gasteiger partial charge on any atom is 0.194 e. The fourth-order valence-electron chi connectivity index (χ4n) is 3.66. The Bertz CT molecular complexity index is 653. The molecule has 8 heteroatoms. The molecule has 2 heterocycles. The molecule has 0 aliphatic carbocycles. The van der Waals surface area contributed by atoms with Gasteiger partial charge in [-0.05, 0) is 51.6 Å². The molecular weight excluding hydrogens is 495 g/mol. The van der Waals surface area contributed by atoms with Crippen LogP contribution in [0.25, 0.3) is 0 Å². The van der Waals surface area contributed by atoms with Crippen molar-refractivity contribution in [3.8, 4) is 5.75 Å². The van der Waals surface area contributed by atoms with Crippen LogP contribution in [-0.4, -0.2) is 88.1 Å². The number of hydrogen-bond donors (Lipinski definition) is 1. The number of halogens is 1. The van der Waals surface area contributed by atoms with Crippen molar-refractivity contribution in [2.75, 3.05) is 60.1 Å². The summed E-state index contributed by atoms with van der Waals surface area (Å²) in [4.78, 5) is 9.31. The first-order valence-electron chi connectivity index (χ1n) is 10.8. The van der Waals surface area contributed by atoms with Crippen molar-refractivity contribution in [1.29, 1.82) is 0 Å². The molecule has 0 spiro atoms. The van der Waals surface area contributed by atoms with Crippen molar-refractivity contribution in [2.45, 2.75) is 38.5 Å². The zero-order valence-electron chi connectivity index (χ0n) is 18.5. The molecule has 2 atom stereocenters. The molecule has 1 aromatic carbocycles. The van der Waals surface area contributed by atoms with Gasteiger partial charge in [-0.2, -0.15) is 0 Å². The Kier molecular flexibility index (Phi) is 11.2. The minimum Gasteiger partial charge on any atom is -0.492 e. The van der Waals surface area contributed by atoms with Crippen LogP contribution in [0.5, 0.6) is 5.75 Å². The van der Waals surface area contributed by atoms with E-state index in [0.717, 1.165) is 62.9 Å². The molecule has 30 heavy (non-hydrogen) atoms. The number of benzene rings is 1. The number of guanidine groups is 1. The van der Waals surface area contributed by atoms with Crippen molar-refractivity contribution >= 4 is 29.9 Å². The molecule has 0 amide bonds. The summed E-state index contributed by atoms with van der Waals surface area (Å²) < 4.78 is 17.7. The van der Waals surface area contributed by atoms with E-state index in [-0.39, 0.29) is 36.2 Å². The number of aliphatic imine (C=N–C) groups is 1. The predicted octanol–water partition coefficient (Wildman–Crippen LogP) is 2.59. The molecule has 2 aliphatic rings. The molecule has 3 rings (SSSR count). The van der Waals surface area contributed by atoms with E-state index in [1.165, 1.54) is 0 Å². The van der Waals surface area contributed by atoms with Crippen LogP contribution in [0.3, 0.4) is 0 Å². The van der Waals surface area contributed by atoms with Gasteiger partial charge < -0.3 is 29.3 Å². The molecule has 7 nitrogen and oxygen atoms in total. The number of nitrogens with one attached hydrogen (secondary N) is 1. The van der Waals surface area contributed by atoms with E-state index < -0.39 is 0 Å². The second kappa shape index (κ2) is 13.3. The molecule has 1 aromatic rings. The SMILES string of the molecule is CCNC(=NCc1cccc(OCCN(C)C)c1)N1CCOC(C2CCCO2)C1.I. The number of hydrogen-bond acceptors (Lipinski definition) is 5. The Labute approximate surface area is 198 Å². The first-order valence-corrected chi connectivity index (χ1v) is 10.8. The third-order valence-corrected chi connectivity index (χ3v) is 5.22. The van der Waals surface area contributed by atoms with E-state index >= 15 is 0 Å². The van der Waals surface area contributed by atoms with Gasteiger partial charge >= 0.3 is 0 Å². The van der Waals surface area contributed by atoms with Gasteiger partial charge in [-0.15, -0.1) is 24.0 Å². The number of nitrogens with zero attached hydrogens (tertiary/aromatic N) is 3. The van der Waals surface area contributed by atoms with Gasteiger partial charge in [0, 0.05) is 32.8 Å². The minimum absolute atomic E-state index is 0. The predicted molar refractivity (Wildman–Crippen MR) is 131 cm³/mol. The average molecular weight is 532 g/mol. The van der Waals surface area contributed by atoms with Crippen LogP contribution < -0.4 is 10.1 Å². The van der Waals surface area contributed by atoms with Gasteiger partial charge in [0.15, 0.2) is 5.96 Å². The first-order chi connectivity index (χ1) is 14.2. The highest BCUT2D eigenvalue weighted by Crippen LogP contribution is 2.21. The largest absolute Gasteiger partial charge is 0.492 e. The van der Waals surface area contributed by atoms with Crippen LogP contribution in [-0.2, 0) is 16.0 Å². The zero-order chi connectivity index (χ0) is 20.5. The Morgan fingerprint density at radius 2 is 2.10 bits per heavy atom. The second-order valence-electron chi connectivity index (χ2n) is 7.88. The fourth-order valence-corrected chi connectivity index (χ4v) is 3.66. The highest BCUT2D eigenvalue weighted by molar-refractivity contribution is 14.0. The number of rotatable bonds is 8. The molecule has 0 aromatic heterocycles. The quantitative estimate of drug-likeness (QED) is 0.316. The van der Waals surface area contributed by atoms with E-state index in [2.05, 4.69) is 34.2 Å². The van der Waals surface area contributed by atoms with Crippen molar-refractivity contribution in [3.63, 3.8) is 0 Å². The highest BCUT2D eigenvalue weighted by Gasteiger charge is 2.32. The average Bonchev–Trinajstić information content (AvgIpc) is 3.26. The normalized spacial score (nSPS) is 22.1. The maximum absolute atomic E-state index is 5.98. The van der Waals surface area contributed by atoms with Crippen LogP contribution >= 0.6 is 24.0 Å². The third-order valence-electron chi connectivity index (χ3n) is 5.22. The molecule has 2 aliphatic heterocycles. The van der Waals surface area contributed by atoms with Gasteiger partial charge in [-0.1, -0.05) is 12.1 Å². The van der Waals surface area contributed by atoms with E-state index in [1.807, 2.05) is 26.2 Å². The summed E-state index contributed by atoms with van der Waals surface area (Å²) >= 11 is 0. The van der Waals surface area contributed by atoms with Gasteiger partial charge in [0.1, 0.15) is 18.5 Å². The summed E-state index contributed by atoms with van der Waals surface area (Å²) in [5.41, 5.74) is 1.15. The third kappa shape index (κ3) is 7.86. The van der Waals surface area contributed by atoms with Crippen LogP contribution in [0.1, 0.15) is 25.3 Å². The molecule has 170 valence electrons. The number of ether oxygens (including phenoxy) is 3. The van der Waals surface area contributed by atoms with Gasteiger partial charge in [0.25, 0.3) is 0 Å². The Hall–Kier alpha value is -1.10. The molecule has 2 fully saturated rings. The maximum atomic E-state index is 5.98. The van der Waals surface area contributed by atoms with Gasteiger partial charge in [0.2, 0.25) is 0 Å². The summed E-state index contributed by atoms with van der Waals surface area (Å²) in [6.07, 6.45) is 2.57. The number of morpholine rings is 1. The molecule has 1 N–H and O–H groups in total. The van der Waals surface area contributed by atoms with Gasteiger partial charge in [-0.25, -0.2) is 4.99 Å². The minimum atomic E-state index is 0. The van der Waals surface area contributed by atoms with Crippen LogP contribution in [0.2, 0.25) is 0 Å². The summed E-state index contributed by atoms with van der Waals surface area (Å²) in [7, 11) is 4.09. The molecular formula is C22H37IN4O3. The molecule has 2 saturated heterocycles. The lowest BCUT2D eigenvalue weighted by Crippen LogP contribution is -2.53. The lowest BCUT2D eigenvalue weighted by atomic mass is 10.1. The van der Waals surface area contributed by atoms with Crippen LogP contribution in [0.15, 0.2) is 29.3 Å². The topological polar surface area (TPSA) is 58.6 Å². The standard InChI is InChI=1S/C22H36N4O3.HI/c1-4-23-22(26-11-14-29-21(17-26)20-9-6-12-28-20)24-16-18-7-5-8-19(15-18)27-13-10-25(2)3;/h5,7-8,15,20-21H,4,6,9-14,16-17H2,1-3H3,(H,23,24);1H. The lowest BCUT2D eigenvalue weighted by molar-refractivity contribution is -0.0817. The van der Waals surface area contributed by atoms with Crippen molar-refractivity contribution in [3.05, 3.63) is 29.8 Å². The fraction of sp³-hybridized carbons (Fsp3) is 0.682. The summed E-state index contributed by atoms with van der Waals surface area (Å²) in [6, 6.07) is 8.21.